The van der Waals surface area contributed by atoms with E-state index in [1.807, 2.05) is 0 Å². The van der Waals surface area contributed by atoms with Crippen LogP contribution < -0.4 is 11.1 Å². The van der Waals surface area contributed by atoms with E-state index in [9.17, 15) is 14.4 Å². The molecule has 0 saturated carbocycles. The second-order valence-electron chi connectivity index (χ2n) is 2.95. The van der Waals surface area contributed by atoms with Gasteiger partial charge in [-0.2, -0.15) is 0 Å². The molecule has 6 nitrogen and oxygen atoms in total. The highest BCUT2D eigenvalue weighted by Crippen LogP contribution is 1.83. The third-order valence-corrected chi connectivity index (χ3v) is 1.84. The zero-order chi connectivity index (χ0) is 11.4. The van der Waals surface area contributed by atoms with Crippen molar-refractivity contribution in [1.29, 1.82) is 0 Å². The average Bonchev–Trinajstić information content (AvgIpc) is 2.20. The summed E-state index contributed by atoms with van der Waals surface area (Å²) in [5.74, 6) is -0.534. The predicted octanol–water partition coefficient (Wildman–Crippen LogP) is -0.890. The fourth-order valence-corrected chi connectivity index (χ4v) is 1.06. The molecule has 1 aromatic heterocycles. The Morgan fingerprint density at radius 2 is 2.00 bits per heavy atom. The van der Waals surface area contributed by atoms with Crippen LogP contribution in [0, 0.1) is 0 Å². The van der Waals surface area contributed by atoms with E-state index in [4.69, 9.17) is 0 Å². The standard InChI is InChI=1S/C9H12N2O4/c1-3-15-7(12)6-11-5-4-10(2)8(13)9(11)14/h4-5H,3,6H2,1-2H3. The van der Waals surface area contributed by atoms with Crippen molar-refractivity contribution in [2.24, 2.45) is 7.05 Å². The van der Waals surface area contributed by atoms with Gasteiger partial charge >= 0.3 is 17.1 Å². The van der Waals surface area contributed by atoms with E-state index in [1.54, 1.807) is 6.92 Å². The van der Waals surface area contributed by atoms with E-state index in [2.05, 4.69) is 4.74 Å². The van der Waals surface area contributed by atoms with Crippen molar-refractivity contribution in [3.05, 3.63) is 33.1 Å². The van der Waals surface area contributed by atoms with Crippen molar-refractivity contribution in [1.82, 2.24) is 9.13 Å². The van der Waals surface area contributed by atoms with Crippen LogP contribution in [-0.4, -0.2) is 21.7 Å². The SMILES string of the molecule is CCOC(=O)Cn1ccn(C)c(=O)c1=O. The molecule has 0 N–H and O–H groups in total. The lowest BCUT2D eigenvalue weighted by molar-refractivity contribution is -0.143. The summed E-state index contributed by atoms with van der Waals surface area (Å²) in [4.78, 5) is 33.6. The van der Waals surface area contributed by atoms with Gasteiger partial charge in [0.1, 0.15) is 6.54 Å². The van der Waals surface area contributed by atoms with Crippen molar-refractivity contribution in [2.45, 2.75) is 13.5 Å². The molecule has 0 aromatic carbocycles. The van der Waals surface area contributed by atoms with E-state index < -0.39 is 17.1 Å². The molecule has 0 aliphatic rings. The minimum atomic E-state index is -0.729. The number of nitrogens with zero attached hydrogens (tertiary/aromatic N) is 2. The topological polar surface area (TPSA) is 70.3 Å². The van der Waals surface area contributed by atoms with Crippen LogP contribution in [0.3, 0.4) is 0 Å². The first-order chi connectivity index (χ1) is 7.06. The third-order valence-electron chi connectivity index (χ3n) is 1.84. The Morgan fingerprint density at radius 1 is 1.33 bits per heavy atom. The van der Waals surface area contributed by atoms with Crippen molar-refractivity contribution >= 4 is 5.97 Å². The first-order valence-electron chi connectivity index (χ1n) is 4.48. The van der Waals surface area contributed by atoms with Crippen LogP contribution in [0.2, 0.25) is 0 Å². The van der Waals surface area contributed by atoms with Crippen LogP contribution >= 0.6 is 0 Å². The molecule has 0 bridgehead atoms. The van der Waals surface area contributed by atoms with E-state index in [1.165, 1.54) is 19.4 Å². The van der Waals surface area contributed by atoms with Gasteiger partial charge in [0.05, 0.1) is 6.61 Å². The van der Waals surface area contributed by atoms with Crippen molar-refractivity contribution in [2.75, 3.05) is 6.61 Å². The Kier molecular flexibility index (Phi) is 3.43. The second-order valence-corrected chi connectivity index (χ2v) is 2.95. The second kappa shape index (κ2) is 4.59. The normalized spacial score (nSPS) is 10.0. The molecule has 0 amide bonds. The van der Waals surface area contributed by atoms with Crippen LogP contribution in [0.25, 0.3) is 0 Å². The van der Waals surface area contributed by atoms with Gasteiger partial charge < -0.3 is 9.30 Å². The van der Waals surface area contributed by atoms with Gasteiger partial charge in [0.15, 0.2) is 0 Å². The van der Waals surface area contributed by atoms with Gasteiger partial charge in [-0.3, -0.25) is 19.0 Å². The number of carbonyl (C=O) groups excluding carboxylic acids is 1. The Labute approximate surface area is 85.7 Å². The molecule has 6 heteroatoms. The predicted molar refractivity (Wildman–Crippen MR) is 52.6 cm³/mol. The number of ether oxygens (including phenoxy) is 1. The quantitative estimate of drug-likeness (QED) is 0.481. The molecule has 0 radical (unpaired) electrons. The Hall–Kier alpha value is -1.85. The van der Waals surface area contributed by atoms with Crippen LogP contribution in [-0.2, 0) is 23.1 Å². The molecule has 1 heterocycles. The molecular formula is C9H12N2O4. The van der Waals surface area contributed by atoms with Crippen LogP contribution in [0.5, 0.6) is 0 Å². The third kappa shape index (κ3) is 2.55. The Balaban J connectivity index is 2.98. The van der Waals surface area contributed by atoms with Crippen molar-refractivity contribution in [3.8, 4) is 0 Å². The fourth-order valence-electron chi connectivity index (χ4n) is 1.06. The number of rotatable bonds is 3. The lowest BCUT2D eigenvalue weighted by Crippen LogP contribution is -2.40. The lowest BCUT2D eigenvalue weighted by Gasteiger charge is -2.05. The van der Waals surface area contributed by atoms with Gasteiger partial charge in [-0.05, 0) is 6.92 Å². The smallest absolute Gasteiger partial charge is 0.326 e. The number of esters is 1. The van der Waals surface area contributed by atoms with Crippen LogP contribution in [0.15, 0.2) is 22.0 Å². The summed E-state index contributed by atoms with van der Waals surface area (Å²) in [7, 11) is 1.47. The van der Waals surface area contributed by atoms with E-state index in [0.717, 1.165) is 9.13 Å². The largest absolute Gasteiger partial charge is 0.465 e. The van der Waals surface area contributed by atoms with E-state index in [0.29, 0.717) is 0 Å². The number of hydrogen-bond acceptors (Lipinski definition) is 4. The minimum Gasteiger partial charge on any atom is -0.465 e. The van der Waals surface area contributed by atoms with E-state index in [-0.39, 0.29) is 13.2 Å². The molecule has 0 atom stereocenters. The molecule has 0 unspecified atom stereocenters. The molecule has 82 valence electrons. The maximum absolute atomic E-state index is 11.4. The van der Waals surface area contributed by atoms with Crippen molar-refractivity contribution in [3.63, 3.8) is 0 Å². The first-order valence-corrected chi connectivity index (χ1v) is 4.48. The highest BCUT2D eigenvalue weighted by Gasteiger charge is 2.07. The highest BCUT2D eigenvalue weighted by molar-refractivity contribution is 5.69. The van der Waals surface area contributed by atoms with Gasteiger partial charge in [0.25, 0.3) is 0 Å². The maximum atomic E-state index is 11.4. The van der Waals surface area contributed by atoms with Gasteiger partial charge in [0.2, 0.25) is 0 Å². The molecule has 0 aliphatic heterocycles. The molecular weight excluding hydrogens is 200 g/mol. The summed E-state index contributed by atoms with van der Waals surface area (Å²) >= 11 is 0. The van der Waals surface area contributed by atoms with Gasteiger partial charge in [-0.1, -0.05) is 0 Å². The van der Waals surface area contributed by atoms with Crippen molar-refractivity contribution < 1.29 is 9.53 Å². The molecule has 0 spiro atoms. The fraction of sp³-hybridized carbons (Fsp3) is 0.444. The number of hydrogen-bond donors (Lipinski definition) is 0. The van der Waals surface area contributed by atoms with Gasteiger partial charge in [0, 0.05) is 19.4 Å². The summed E-state index contributed by atoms with van der Waals surface area (Å²) < 4.78 is 6.85. The summed E-state index contributed by atoms with van der Waals surface area (Å²) in [6, 6.07) is 0. The average molecular weight is 212 g/mol. The molecule has 1 rings (SSSR count). The zero-order valence-electron chi connectivity index (χ0n) is 8.60. The van der Waals surface area contributed by atoms with Crippen LogP contribution in [0.1, 0.15) is 6.92 Å². The Morgan fingerprint density at radius 3 is 2.60 bits per heavy atom. The first kappa shape index (κ1) is 11.2. The number of carbonyl (C=O) groups is 1. The number of aromatic nitrogens is 2. The Bertz CT molecular complexity index is 472. The molecule has 0 fully saturated rings. The minimum absolute atomic E-state index is 0.233. The molecule has 0 saturated heterocycles. The summed E-state index contributed by atoms with van der Waals surface area (Å²) in [6.45, 7) is 1.69. The summed E-state index contributed by atoms with van der Waals surface area (Å²) in [6.07, 6.45) is 2.80. The number of aryl methyl sites for hydroxylation is 1. The summed E-state index contributed by atoms with van der Waals surface area (Å²) in [5.41, 5.74) is -1.39. The van der Waals surface area contributed by atoms with Crippen LogP contribution in [0.4, 0.5) is 0 Å². The lowest BCUT2D eigenvalue weighted by atomic mass is 10.5. The highest BCUT2D eigenvalue weighted by atomic mass is 16.5. The molecule has 15 heavy (non-hydrogen) atoms. The maximum Gasteiger partial charge on any atom is 0.326 e. The van der Waals surface area contributed by atoms with E-state index >= 15 is 0 Å². The monoisotopic (exact) mass is 212 g/mol. The molecule has 0 aliphatic carbocycles. The van der Waals surface area contributed by atoms with Gasteiger partial charge in [-0.25, -0.2) is 0 Å². The summed E-state index contributed by atoms with van der Waals surface area (Å²) in [5, 5.41) is 0. The molecule has 1 aromatic rings. The zero-order valence-corrected chi connectivity index (χ0v) is 8.60. The van der Waals surface area contributed by atoms with Gasteiger partial charge in [-0.15, -0.1) is 0 Å².